The fourth-order valence-corrected chi connectivity index (χ4v) is 2.25. The fourth-order valence-electron chi connectivity index (χ4n) is 1.89. The number of carbonyl (C=O) groups is 1. The van der Waals surface area contributed by atoms with Crippen LogP contribution in [0.25, 0.3) is 0 Å². The predicted molar refractivity (Wildman–Crippen MR) is 88.8 cm³/mol. The molecular formula is C15H23IN2O. The van der Waals surface area contributed by atoms with Crippen LogP contribution in [0.4, 0.5) is 0 Å². The summed E-state index contributed by atoms with van der Waals surface area (Å²) in [4.78, 5) is 16.6. The average Bonchev–Trinajstić information content (AvgIpc) is 2.37. The average molecular weight is 374 g/mol. The Labute approximate surface area is 130 Å². The third kappa shape index (κ3) is 6.49. The van der Waals surface area contributed by atoms with Crippen molar-refractivity contribution in [3.63, 3.8) is 0 Å². The Morgan fingerprint density at radius 2 is 1.79 bits per heavy atom. The van der Waals surface area contributed by atoms with Gasteiger partial charge in [-0.3, -0.25) is 9.69 Å². The number of hydrogen-bond donors (Lipinski definition) is 0. The maximum atomic E-state index is 12.2. The Morgan fingerprint density at radius 3 is 2.32 bits per heavy atom. The molecule has 4 heteroatoms. The van der Waals surface area contributed by atoms with Crippen molar-refractivity contribution in [3.05, 3.63) is 33.4 Å². The van der Waals surface area contributed by atoms with E-state index in [2.05, 4.69) is 53.4 Å². The normalized spacial score (nSPS) is 11.3. The topological polar surface area (TPSA) is 23.6 Å². The molecule has 19 heavy (non-hydrogen) atoms. The van der Waals surface area contributed by atoms with Crippen LogP contribution in [-0.4, -0.2) is 55.9 Å². The summed E-state index contributed by atoms with van der Waals surface area (Å²) >= 11 is 2.25. The number of likely N-dealkylation sites (N-methyl/N-ethyl adjacent to an activating group) is 1. The molecule has 0 spiro atoms. The van der Waals surface area contributed by atoms with E-state index in [0.717, 1.165) is 35.2 Å². The number of carbonyl (C=O) groups excluding carboxylic acids is 1. The van der Waals surface area contributed by atoms with Gasteiger partial charge in [-0.2, -0.15) is 0 Å². The van der Waals surface area contributed by atoms with Gasteiger partial charge in [-0.25, -0.2) is 0 Å². The van der Waals surface area contributed by atoms with Gasteiger partial charge in [-0.1, -0.05) is 19.1 Å². The van der Waals surface area contributed by atoms with E-state index in [1.54, 1.807) is 0 Å². The monoisotopic (exact) mass is 374 g/mol. The molecular weight excluding hydrogens is 351 g/mol. The number of rotatable bonds is 8. The molecule has 0 fully saturated rings. The molecule has 1 aromatic rings. The van der Waals surface area contributed by atoms with Gasteiger partial charge in [-0.15, -0.1) is 0 Å². The lowest BCUT2D eigenvalue weighted by molar-refractivity contribution is 0.0932. The van der Waals surface area contributed by atoms with E-state index >= 15 is 0 Å². The molecule has 0 atom stereocenters. The number of hydrogen-bond acceptors (Lipinski definition) is 3. The molecule has 0 aliphatic heterocycles. The van der Waals surface area contributed by atoms with Crippen molar-refractivity contribution in [1.29, 1.82) is 0 Å². The van der Waals surface area contributed by atoms with E-state index in [9.17, 15) is 4.79 Å². The first-order valence-electron chi connectivity index (χ1n) is 6.68. The largest absolute Gasteiger partial charge is 0.309 e. The molecule has 0 bridgehead atoms. The van der Waals surface area contributed by atoms with Gasteiger partial charge >= 0.3 is 0 Å². The van der Waals surface area contributed by atoms with Gasteiger partial charge in [0, 0.05) is 9.13 Å². The van der Waals surface area contributed by atoms with Crippen LogP contribution in [-0.2, 0) is 0 Å². The molecule has 0 aliphatic carbocycles. The molecule has 0 aromatic heterocycles. The van der Waals surface area contributed by atoms with E-state index in [0.29, 0.717) is 6.54 Å². The van der Waals surface area contributed by atoms with Gasteiger partial charge in [0.25, 0.3) is 0 Å². The van der Waals surface area contributed by atoms with Crippen molar-refractivity contribution < 1.29 is 4.79 Å². The van der Waals surface area contributed by atoms with E-state index in [1.165, 1.54) is 0 Å². The number of benzene rings is 1. The Bertz CT molecular complexity index is 390. The zero-order valence-corrected chi connectivity index (χ0v) is 14.2. The number of Topliss-reactive ketones (excluding diaryl/α,β-unsaturated/α-hetero) is 1. The molecule has 0 saturated heterocycles. The lowest BCUT2D eigenvalue weighted by Crippen LogP contribution is -2.32. The van der Waals surface area contributed by atoms with Gasteiger partial charge < -0.3 is 4.90 Å². The summed E-state index contributed by atoms with van der Waals surface area (Å²) in [6, 6.07) is 7.79. The molecule has 0 aliphatic rings. The molecule has 3 nitrogen and oxygen atoms in total. The lowest BCUT2D eigenvalue weighted by atomic mass is 10.1. The summed E-state index contributed by atoms with van der Waals surface area (Å²) in [7, 11) is 4.15. The first kappa shape index (κ1) is 16.6. The molecule has 0 saturated carbocycles. The highest BCUT2D eigenvalue weighted by Gasteiger charge is 2.11. The fraction of sp³-hybridized carbons (Fsp3) is 0.533. The van der Waals surface area contributed by atoms with Crippen LogP contribution in [0.5, 0.6) is 0 Å². The van der Waals surface area contributed by atoms with Crippen LogP contribution >= 0.6 is 22.6 Å². The third-order valence-corrected chi connectivity index (χ3v) is 3.78. The van der Waals surface area contributed by atoms with Crippen LogP contribution < -0.4 is 0 Å². The van der Waals surface area contributed by atoms with Gasteiger partial charge in [0.15, 0.2) is 5.78 Å². The zero-order valence-electron chi connectivity index (χ0n) is 12.0. The summed E-state index contributed by atoms with van der Waals surface area (Å²) in [5, 5.41) is 0. The number of halogens is 1. The van der Waals surface area contributed by atoms with Gasteiger partial charge in [0.05, 0.1) is 6.54 Å². The van der Waals surface area contributed by atoms with E-state index in [1.807, 2.05) is 24.3 Å². The SMILES string of the molecule is CCN(CCCN(C)C)CC(=O)c1ccc(I)cc1. The van der Waals surface area contributed by atoms with Crippen molar-refractivity contribution in [2.75, 3.05) is 40.3 Å². The maximum absolute atomic E-state index is 12.2. The maximum Gasteiger partial charge on any atom is 0.176 e. The summed E-state index contributed by atoms with van der Waals surface area (Å²) in [5.41, 5.74) is 0.812. The minimum absolute atomic E-state index is 0.211. The van der Waals surface area contributed by atoms with Gasteiger partial charge in [0.2, 0.25) is 0 Å². The van der Waals surface area contributed by atoms with Crippen LogP contribution in [0.2, 0.25) is 0 Å². The van der Waals surface area contributed by atoms with Crippen molar-refractivity contribution >= 4 is 28.4 Å². The molecule has 0 radical (unpaired) electrons. The Balaban J connectivity index is 2.46. The second-order valence-electron chi connectivity index (χ2n) is 4.96. The van der Waals surface area contributed by atoms with Crippen molar-refractivity contribution in [1.82, 2.24) is 9.80 Å². The second kappa shape index (κ2) is 8.66. The first-order chi connectivity index (χ1) is 9.02. The van der Waals surface area contributed by atoms with Crippen LogP contribution in [0, 0.1) is 3.57 Å². The zero-order chi connectivity index (χ0) is 14.3. The highest BCUT2D eigenvalue weighted by molar-refractivity contribution is 14.1. The van der Waals surface area contributed by atoms with Crippen LogP contribution in [0.1, 0.15) is 23.7 Å². The Kier molecular flexibility index (Phi) is 7.56. The number of ketones is 1. The van der Waals surface area contributed by atoms with Gasteiger partial charge in [-0.05, 0) is 74.9 Å². The summed E-state index contributed by atoms with van der Waals surface area (Å²) in [6.07, 6.45) is 1.10. The minimum Gasteiger partial charge on any atom is -0.309 e. The summed E-state index contributed by atoms with van der Waals surface area (Å²) in [6.45, 7) is 5.59. The highest BCUT2D eigenvalue weighted by Crippen LogP contribution is 2.08. The molecule has 0 unspecified atom stereocenters. The van der Waals surface area contributed by atoms with E-state index in [4.69, 9.17) is 0 Å². The van der Waals surface area contributed by atoms with Crippen LogP contribution in [0.15, 0.2) is 24.3 Å². The molecule has 1 rings (SSSR count). The molecule has 0 heterocycles. The number of nitrogens with zero attached hydrogens (tertiary/aromatic N) is 2. The molecule has 0 amide bonds. The lowest BCUT2D eigenvalue weighted by Gasteiger charge is -2.20. The second-order valence-corrected chi connectivity index (χ2v) is 6.20. The first-order valence-corrected chi connectivity index (χ1v) is 7.76. The molecule has 0 N–H and O–H groups in total. The quantitative estimate of drug-likeness (QED) is 0.517. The van der Waals surface area contributed by atoms with E-state index < -0.39 is 0 Å². The standard InChI is InChI=1S/C15H23IN2O/c1-4-18(11-5-10-17(2)3)12-15(19)13-6-8-14(16)9-7-13/h6-9H,4-5,10-12H2,1-3H3. The smallest absolute Gasteiger partial charge is 0.176 e. The highest BCUT2D eigenvalue weighted by atomic mass is 127. The predicted octanol–water partition coefficient (Wildman–Crippen LogP) is 2.75. The minimum atomic E-state index is 0.211. The summed E-state index contributed by atoms with van der Waals surface area (Å²) < 4.78 is 1.16. The van der Waals surface area contributed by atoms with E-state index in [-0.39, 0.29) is 5.78 Å². The third-order valence-electron chi connectivity index (χ3n) is 3.06. The van der Waals surface area contributed by atoms with Crippen LogP contribution in [0.3, 0.4) is 0 Å². The Hall–Kier alpha value is -0.460. The van der Waals surface area contributed by atoms with Crippen molar-refractivity contribution in [3.8, 4) is 0 Å². The van der Waals surface area contributed by atoms with Crippen molar-refractivity contribution in [2.45, 2.75) is 13.3 Å². The van der Waals surface area contributed by atoms with Crippen molar-refractivity contribution in [2.24, 2.45) is 0 Å². The molecule has 106 valence electrons. The van der Waals surface area contributed by atoms with Gasteiger partial charge in [0.1, 0.15) is 0 Å². The molecule has 1 aromatic carbocycles. The Morgan fingerprint density at radius 1 is 1.16 bits per heavy atom. The summed E-state index contributed by atoms with van der Waals surface area (Å²) in [5.74, 6) is 0.211.